The number of furan rings is 1. The highest BCUT2D eigenvalue weighted by Gasteiger charge is 2.05. The van der Waals surface area contributed by atoms with Gasteiger partial charge < -0.3 is 15.2 Å². The van der Waals surface area contributed by atoms with E-state index in [1.165, 1.54) is 26.2 Å². The molecule has 0 unspecified atom stereocenters. The first-order valence-electron chi connectivity index (χ1n) is 3.46. The number of anilines is 1. The van der Waals surface area contributed by atoms with Crippen molar-refractivity contribution in [1.29, 1.82) is 0 Å². The first kappa shape index (κ1) is 11.4. The first-order chi connectivity index (χ1) is 5.59. The van der Waals surface area contributed by atoms with E-state index in [9.17, 15) is 9.59 Å². The summed E-state index contributed by atoms with van der Waals surface area (Å²) in [6.45, 7) is 2.79. The van der Waals surface area contributed by atoms with Crippen LogP contribution in [0, 0.1) is 0 Å². The summed E-state index contributed by atoms with van der Waals surface area (Å²) in [4.78, 5) is 21.3. The van der Waals surface area contributed by atoms with Crippen molar-refractivity contribution in [2.75, 3.05) is 5.32 Å². The Morgan fingerprint density at radius 2 is 2.00 bits per heavy atom. The Morgan fingerprint density at radius 1 is 1.38 bits per heavy atom. The third-order valence-electron chi connectivity index (χ3n) is 1.27. The molecule has 0 aliphatic heterocycles. The van der Waals surface area contributed by atoms with Crippen LogP contribution in [-0.2, 0) is 4.79 Å². The number of Topliss-reactive ketones (excluding diaryl/α,β-unsaturated/α-hetero) is 1. The molecule has 1 rings (SSSR count). The number of hydrogen-bond donors (Lipinski definition) is 1. The number of hydrogen-bond acceptors (Lipinski definition) is 3. The Kier molecular flexibility index (Phi) is 3.87. The van der Waals surface area contributed by atoms with Crippen LogP contribution in [0.2, 0.25) is 0 Å². The molecular formula is C8H11NO4. The molecule has 0 saturated carbocycles. The molecule has 72 valence electrons. The number of carbonyl (C=O) groups excluding carboxylic acids is 2. The van der Waals surface area contributed by atoms with Crippen LogP contribution in [0.25, 0.3) is 0 Å². The first-order valence-corrected chi connectivity index (χ1v) is 3.46. The van der Waals surface area contributed by atoms with Crippen LogP contribution in [0.1, 0.15) is 24.4 Å². The van der Waals surface area contributed by atoms with Crippen LogP contribution in [0.4, 0.5) is 5.69 Å². The van der Waals surface area contributed by atoms with Gasteiger partial charge >= 0.3 is 0 Å². The summed E-state index contributed by atoms with van der Waals surface area (Å²) >= 11 is 0. The molecule has 1 aromatic rings. The highest BCUT2D eigenvalue weighted by molar-refractivity contribution is 5.94. The van der Waals surface area contributed by atoms with Crippen molar-refractivity contribution in [3.63, 3.8) is 0 Å². The summed E-state index contributed by atoms with van der Waals surface area (Å²) < 4.78 is 4.86. The molecule has 0 aliphatic carbocycles. The Hall–Kier alpha value is -1.62. The van der Waals surface area contributed by atoms with Gasteiger partial charge in [-0.3, -0.25) is 9.59 Å². The third-order valence-corrected chi connectivity index (χ3v) is 1.27. The summed E-state index contributed by atoms with van der Waals surface area (Å²) in [5.74, 6) is -0.101. The van der Waals surface area contributed by atoms with Gasteiger partial charge in [-0.05, 0) is 0 Å². The monoisotopic (exact) mass is 185 g/mol. The molecule has 5 heteroatoms. The van der Waals surface area contributed by atoms with Gasteiger partial charge in [-0.2, -0.15) is 0 Å². The second kappa shape index (κ2) is 4.42. The van der Waals surface area contributed by atoms with Gasteiger partial charge in [0, 0.05) is 19.9 Å². The molecule has 0 spiro atoms. The van der Waals surface area contributed by atoms with Gasteiger partial charge in [0.05, 0.1) is 5.69 Å². The van der Waals surface area contributed by atoms with Crippen molar-refractivity contribution in [2.45, 2.75) is 13.8 Å². The van der Waals surface area contributed by atoms with Crippen LogP contribution in [0.3, 0.4) is 0 Å². The topological polar surface area (TPSA) is 90.8 Å². The van der Waals surface area contributed by atoms with Gasteiger partial charge in [0.25, 0.3) is 0 Å². The van der Waals surface area contributed by atoms with Crippen molar-refractivity contribution in [2.24, 2.45) is 0 Å². The SMILES string of the molecule is CC(=O)Nc1coc(C(C)=O)c1.O. The average molecular weight is 185 g/mol. The molecule has 5 nitrogen and oxygen atoms in total. The quantitative estimate of drug-likeness (QED) is 0.684. The maximum absolute atomic E-state index is 10.7. The highest BCUT2D eigenvalue weighted by atomic mass is 16.3. The standard InChI is InChI=1S/C8H9NO3.H2O/c1-5(10)8-3-7(4-12-8)9-6(2)11;/h3-4H,1-2H3,(H,9,11);1H2. The fraction of sp³-hybridized carbons (Fsp3) is 0.250. The summed E-state index contributed by atoms with van der Waals surface area (Å²) in [5.41, 5.74) is 0.507. The largest absolute Gasteiger partial charge is 0.459 e. The number of ketones is 1. The summed E-state index contributed by atoms with van der Waals surface area (Å²) in [7, 11) is 0. The minimum absolute atomic E-state index is 0. The van der Waals surface area contributed by atoms with Crippen molar-refractivity contribution in [3.8, 4) is 0 Å². The fourth-order valence-corrected chi connectivity index (χ4v) is 0.790. The van der Waals surface area contributed by atoms with Crippen molar-refractivity contribution in [3.05, 3.63) is 18.1 Å². The highest BCUT2D eigenvalue weighted by Crippen LogP contribution is 2.13. The lowest BCUT2D eigenvalue weighted by Crippen LogP contribution is -2.04. The zero-order chi connectivity index (χ0) is 9.14. The van der Waals surface area contributed by atoms with Crippen molar-refractivity contribution < 1.29 is 19.5 Å². The van der Waals surface area contributed by atoms with Gasteiger partial charge in [0.1, 0.15) is 6.26 Å². The summed E-state index contributed by atoms with van der Waals surface area (Å²) in [6.07, 6.45) is 1.33. The van der Waals surface area contributed by atoms with E-state index in [0.29, 0.717) is 5.69 Å². The molecule has 0 aliphatic rings. The van der Waals surface area contributed by atoms with E-state index in [4.69, 9.17) is 4.42 Å². The lowest BCUT2D eigenvalue weighted by molar-refractivity contribution is -0.114. The van der Waals surface area contributed by atoms with Gasteiger partial charge in [-0.15, -0.1) is 0 Å². The fourth-order valence-electron chi connectivity index (χ4n) is 0.790. The number of nitrogens with one attached hydrogen (secondary N) is 1. The van der Waals surface area contributed by atoms with Crippen LogP contribution in [0.15, 0.2) is 16.7 Å². The zero-order valence-electron chi connectivity index (χ0n) is 7.38. The average Bonchev–Trinajstić information content (AvgIpc) is 2.34. The van der Waals surface area contributed by atoms with Crippen LogP contribution in [0.5, 0.6) is 0 Å². The molecule has 0 radical (unpaired) electrons. The number of carbonyl (C=O) groups is 2. The van der Waals surface area contributed by atoms with Crippen LogP contribution < -0.4 is 5.32 Å². The molecule has 0 saturated heterocycles. The normalized spacial score (nSPS) is 8.77. The van der Waals surface area contributed by atoms with E-state index >= 15 is 0 Å². The molecule has 1 aromatic heterocycles. The van der Waals surface area contributed by atoms with E-state index in [2.05, 4.69) is 5.32 Å². The Labute approximate surface area is 75.0 Å². The molecule has 13 heavy (non-hydrogen) atoms. The second-order valence-electron chi connectivity index (χ2n) is 2.44. The molecule has 3 N–H and O–H groups in total. The molecule has 0 atom stereocenters. The molecular weight excluding hydrogens is 174 g/mol. The molecule has 1 amide bonds. The van der Waals surface area contributed by atoms with Crippen molar-refractivity contribution in [1.82, 2.24) is 0 Å². The summed E-state index contributed by atoms with van der Waals surface area (Å²) in [5, 5.41) is 2.50. The predicted molar refractivity (Wildman–Crippen MR) is 46.6 cm³/mol. The Morgan fingerprint density at radius 3 is 2.38 bits per heavy atom. The smallest absolute Gasteiger partial charge is 0.221 e. The van der Waals surface area contributed by atoms with Crippen LogP contribution >= 0.6 is 0 Å². The summed E-state index contributed by atoms with van der Waals surface area (Å²) in [6, 6.07) is 1.49. The maximum atomic E-state index is 10.7. The molecule has 0 bridgehead atoms. The van der Waals surface area contributed by atoms with Gasteiger partial charge in [-0.1, -0.05) is 0 Å². The Balaban J connectivity index is 0.00000144. The van der Waals surface area contributed by atoms with E-state index in [0.717, 1.165) is 0 Å². The zero-order valence-corrected chi connectivity index (χ0v) is 7.38. The van der Waals surface area contributed by atoms with Crippen LogP contribution in [-0.4, -0.2) is 17.2 Å². The molecule has 1 heterocycles. The van der Waals surface area contributed by atoms with E-state index < -0.39 is 0 Å². The minimum atomic E-state index is -0.189. The Bertz CT molecular complexity index is 316. The predicted octanol–water partition coefficient (Wildman–Crippen LogP) is 0.616. The third kappa shape index (κ3) is 3.08. The van der Waals surface area contributed by atoms with E-state index in [1.807, 2.05) is 0 Å². The van der Waals surface area contributed by atoms with Gasteiger partial charge in [0.2, 0.25) is 5.91 Å². The van der Waals surface area contributed by atoms with Gasteiger partial charge in [0.15, 0.2) is 11.5 Å². The maximum Gasteiger partial charge on any atom is 0.221 e. The van der Waals surface area contributed by atoms with Gasteiger partial charge in [-0.25, -0.2) is 0 Å². The van der Waals surface area contributed by atoms with E-state index in [-0.39, 0.29) is 22.9 Å². The van der Waals surface area contributed by atoms with Crippen molar-refractivity contribution >= 4 is 17.4 Å². The number of rotatable bonds is 2. The van der Waals surface area contributed by atoms with E-state index in [1.54, 1.807) is 0 Å². The molecule has 0 aromatic carbocycles. The number of amides is 1. The second-order valence-corrected chi connectivity index (χ2v) is 2.44. The lowest BCUT2D eigenvalue weighted by atomic mass is 10.3. The lowest BCUT2D eigenvalue weighted by Gasteiger charge is -1.92. The minimum Gasteiger partial charge on any atom is -0.459 e. The molecule has 0 fully saturated rings.